The second-order valence-electron chi connectivity index (χ2n) is 10.4. The quantitative estimate of drug-likeness (QED) is 0.151. The summed E-state index contributed by atoms with van der Waals surface area (Å²) in [4.78, 5) is 33.0. The Hall–Kier alpha value is -4.48. The van der Waals surface area contributed by atoms with Gasteiger partial charge in [-0.15, -0.1) is 5.10 Å². The number of amides is 2. The van der Waals surface area contributed by atoms with Crippen molar-refractivity contribution in [3.05, 3.63) is 100 Å². The summed E-state index contributed by atoms with van der Waals surface area (Å²) in [7, 11) is 0. The van der Waals surface area contributed by atoms with Crippen LogP contribution in [-0.2, 0) is 15.3 Å². The number of fused-ring (bicyclic) bond motifs is 1. The van der Waals surface area contributed by atoms with Crippen molar-refractivity contribution in [3.63, 3.8) is 0 Å². The van der Waals surface area contributed by atoms with Gasteiger partial charge in [0.1, 0.15) is 6.04 Å². The van der Waals surface area contributed by atoms with Crippen molar-refractivity contribution < 1.29 is 19.1 Å². The molecule has 5 rings (SSSR count). The number of aromatic nitrogens is 3. The Kier molecular flexibility index (Phi) is 10.9. The number of carbonyl (C=O) groups excluding carboxylic acids is 2. The summed E-state index contributed by atoms with van der Waals surface area (Å²) in [6.07, 6.45) is 0. The van der Waals surface area contributed by atoms with Crippen LogP contribution >= 0.6 is 23.4 Å². The SMILES string of the molecule is CCOc1cc(C2C(C(=O)Nc3ccccc3)=C(C)Nc3nc(SCc4ccccc4Cl)nn32)ccc1OCC(=O)N(CC)CC. The van der Waals surface area contributed by atoms with E-state index >= 15 is 0 Å². The van der Waals surface area contributed by atoms with E-state index in [9.17, 15) is 9.59 Å². The number of anilines is 2. The molecule has 2 heterocycles. The van der Waals surface area contributed by atoms with Gasteiger partial charge in [-0.1, -0.05) is 65.8 Å². The lowest BCUT2D eigenvalue weighted by atomic mass is 9.94. The van der Waals surface area contributed by atoms with Crippen molar-refractivity contribution in [2.75, 3.05) is 36.9 Å². The topological polar surface area (TPSA) is 111 Å². The Bertz CT molecular complexity index is 1720. The molecule has 0 saturated heterocycles. The number of halogens is 1. The van der Waals surface area contributed by atoms with Crippen molar-refractivity contribution in [1.29, 1.82) is 0 Å². The van der Waals surface area contributed by atoms with Crippen molar-refractivity contribution in [3.8, 4) is 11.5 Å². The molecule has 1 aliphatic rings. The first kappa shape index (κ1) is 32.9. The van der Waals surface area contributed by atoms with Crippen LogP contribution in [0.15, 0.2) is 89.2 Å². The van der Waals surface area contributed by atoms with Crippen LogP contribution in [0, 0.1) is 0 Å². The fourth-order valence-electron chi connectivity index (χ4n) is 5.16. The van der Waals surface area contributed by atoms with E-state index in [2.05, 4.69) is 10.6 Å². The third-order valence-corrected chi connectivity index (χ3v) is 8.73. The summed E-state index contributed by atoms with van der Waals surface area (Å²) >= 11 is 7.85. The maximum Gasteiger partial charge on any atom is 0.260 e. The molecule has 46 heavy (non-hydrogen) atoms. The lowest BCUT2D eigenvalue weighted by molar-refractivity contribution is -0.133. The molecule has 2 amide bonds. The third kappa shape index (κ3) is 7.48. The number of allylic oxidation sites excluding steroid dienone is 1. The highest BCUT2D eigenvalue weighted by atomic mass is 35.5. The molecule has 4 aromatic rings. The number of nitrogens with zero attached hydrogens (tertiary/aromatic N) is 4. The Morgan fingerprint density at radius 3 is 2.46 bits per heavy atom. The summed E-state index contributed by atoms with van der Waals surface area (Å²) in [6, 6.07) is 21.8. The van der Waals surface area contributed by atoms with Gasteiger partial charge in [-0.3, -0.25) is 9.59 Å². The zero-order valence-corrected chi connectivity index (χ0v) is 27.8. The Labute approximate surface area is 278 Å². The van der Waals surface area contributed by atoms with E-state index < -0.39 is 6.04 Å². The second kappa shape index (κ2) is 15.2. The van der Waals surface area contributed by atoms with Crippen molar-refractivity contribution >= 4 is 46.8 Å². The number of ether oxygens (including phenoxy) is 2. The van der Waals surface area contributed by atoms with Crippen LogP contribution in [0.25, 0.3) is 0 Å². The van der Waals surface area contributed by atoms with E-state index in [1.54, 1.807) is 15.6 Å². The standard InChI is InChI=1S/C34H37ClN6O4S/c1-5-40(6-2)29(42)20-45-27-18-17-23(19-28(27)44-7-3)31-30(32(43)37-25-14-9-8-10-15-25)22(4)36-33-38-34(39-41(31)33)46-21-24-13-11-12-16-26(24)35/h8-19,31H,5-7,20-21H2,1-4H3,(H,37,43)(H,36,38,39). The van der Waals surface area contributed by atoms with Crippen LogP contribution < -0.4 is 20.1 Å². The number of benzene rings is 3. The molecule has 1 aliphatic heterocycles. The smallest absolute Gasteiger partial charge is 0.260 e. The molecule has 0 fully saturated rings. The lowest BCUT2D eigenvalue weighted by Gasteiger charge is -2.29. The number of rotatable bonds is 13. The molecular formula is C34H37ClN6O4S. The minimum absolute atomic E-state index is 0.109. The van der Waals surface area contributed by atoms with E-state index in [1.807, 2.05) is 94.4 Å². The van der Waals surface area contributed by atoms with Crippen molar-refractivity contribution in [1.82, 2.24) is 19.7 Å². The van der Waals surface area contributed by atoms with Gasteiger partial charge in [-0.05, 0) is 69.2 Å². The first-order chi connectivity index (χ1) is 22.3. The zero-order chi connectivity index (χ0) is 32.6. The molecule has 0 bridgehead atoms. The zero-order valence-electron chi connectivity index (χ0n) is 26.2. The number of likely N-dealkylation sites (N-methyl/N-ethyl adjacent to an activating group) is 1. The largest absolute Gasteiger partial charge is 0.490 e. The number of thioether (sulfide) groups is 1. The molecule has 2 N–H and O–H groups in total. The molecule has 3 aromatic carbocycles. The molecular weight excluding hydrogens is 624 g/mol. The molecule has 0 aliphatic carbocycles. The molecule has 0 spiro atoms. The van der Waals surface area contributed by atoms with Gasteiger partial charge in [-0.25, -0.2) is 4.68 Å². The number of hydrogen-bond acceptors (Lipinski definition) is 8. The van der Waals surface area contributed by atoms with E-state index in [-0.39, 0.29) is 18.4 Å². The average molecular weight is 661 g/mol. The predicted octanol–water partition coefficient (Wildman–Crippen LogP) is 6.80. The third-order valence-electron chi connectivity index (χ3n) is 7.47. The number of hydrogen-bond donors (Lipinski definition) is 2. The average Bonchev–Trinajstić information content (AvgIpc) is 3.46. The summed E-state index contributed by atoms with van der Waals surface area (Å²) in [5.74, 6) is 1.59. The van der Waals surface area contributed by atoms with Gasteiger partial charge in [0.25, 0.3) is 11.8 Å². The Balaban J connectivity index is 1.50. The van der Waals surface area contributed by atoms with Gasteiger partial charge in [0.2, 0.25) is 11.1 Å². The van der Waals surface area contributed by atoms with Crippen LogP contribution in [0.3, 0.4) is 0 Å². The normalized spacial score (nSPS) is 13.9. The van der Waals surface area contributed by atoms with Gasteiger partial charge in [0.15, 0.2) is 18.1 Å². The Morgan fingerprint density at radius 2 is 1.74 bits per heavy atom. The molecule has 0 radical (unpaired) electrons. The van der Waals surface area contributed by atoms with Gasteiger partial charge in [0, 0.05) is 35.2 Å². The lowest BCUT2D eigenvalue weighted by Crippen LogP contribution is -2.34. The van der Waals surface area contributed by atoms with Crippen LogP contribution in [0.2, 0.25) is 5.02 Å². The summed E-state index contributed by atoms with van der Waals surface area (Å²) in [6.45, 7) is 9.06. The summed E-state index contributed by atoms with van der Waals surface area (Å²) in [5, 5.41) is 12.4. The van der Waals surface area contributed by atoms with Crippen LogP contribution in [-0.4, -0.2) is 57.8 Å². The van der Waals surface area contributed by atoms with Crippen LogP contribution in [0.1, 0.15) is 44.9 Å². The van der Waals surface area contributed by atoms with Gasteiger partial charge in [0.05, 0.1) is 12.2 Å². The monoisotopic (exact) mass is 660 g/mol. The molecule has 1 aromatic heterocycles. The van der Waals surface area contributed by atoms with E-state index in [4.69, 9.17) is 31.2 Å². The van der Waals surface area contributed by atoms with Crippen LogP contribution in [0.5, 0.6) is 11.5 Å². The second-order valence-corrected chi connectivity index (χ2v) is 11.8. The fraction of sp³-hybridized carbons (Fsp3) is 0.294. The first-order valence-electron chi connectivity index (χ1n) is 15.2. The van der Waals surface area contributed by atoms with Crippen LogP contribution in [0.4, 0.5) is 11.6 Å². The number of nitrogens with one attached hydrogen (secondary N) is 2. The maximum atomic E-state index is 13.9. The summed E-state index contributed by atoms with van der Waals surface area (Å²) in [5.41, 5.74) is 3.49. The number of carbonyl (C=O) groups is 2. The highest BCUT2D eigenvalue weighted by Crippen LogP contribution is 2.40. The van der Waals surface area contributed by atoms with Crippen molar-refractivity contribution in [2.24, 2.45) is 0 Å². The van der Waals surface area contributed by atoms with E-state index in [0.717, 1.165) is 11.1 Å². The first-order valence-corrected chi connectivity index (χ1v) is 16.5. The minimum atomic E-state index is -0.646. The van der Waals surface area contributed by atoms with Gasteiger partial charge >= 0.3 is 0 Å². The molecule has 1 atom stereocenters. The minimum Gasteiger partial charge on any atom is -0.490 e. The van der Waals surface area contributed by atoms with Crippen molar-refractivity contribution in [2.45, 2.75) is 44.6 Å². The Morgan fingerprint density at radius 1 is 1.00 bits per heavy atom. The molecule has 240 valence electrons. The van der Waals surface area contributed by atoms with Gasteiger partial charge < -0.3 is 25.0 Å². The molecule has 12 heteroatoms. The molecule has 0 saturated carbocycles. The van der Waals surface area contributed by atoms with E-state index in [0.29, 0.717) is 70.0 Å². The number of para-hydroxylation sites is 1. The van der Waals surface area contributed by atoms with E-state index in [1.165, 1.54) is 11.8 Å². The predicted molar refractivity (Wildman–Crippen MR) is 182 cm³/mol. The molecule has 10 nitrogen and oxygen atoms in total. The molecule has 1 unspecified atom stereocenters. The highest BCUT2D eigenvalue weighted by Gasteiger charge is 2.35. The maximum absolute atomic E-state index is 13.9. The fourth-order valence-corrected chi connectivity index (χ4v) is 6.28. The summed E-state index contributed by atoms with van der Waals surface area (Å²) < 4.78 is 13.6. The van der Waals surface area contributed by atoms with Gasteiger partial charge in [-0.2, -0.15) is 4.98 Å². The highest BCUT2D eigenvalue weighted by molar-refractivity contribution is 7.98.